The van der Waals surface area contributed by atoms with Crippen LogP contribution >= 0.6 is 0 Å². The van der Waals surface area contributed by atoms with Gasteiger partial charge in [-0.2, -0.15) is 8.42 Å². The number of nitrogens with one attached hydrogen (secondary N) is 1. The first kappa shape index (κ1) is 20.6. The molecule has 1 rings (SSSR count). The third-order valence-corrected chi connectivity index (χ3v) is 2.71. The Hall–Kier alpha value is -1.35. The summed E-state index contributed by atoms with van der Waals surface area (Å²) in [7, 11) is -3.67. The van der Waals surface area contributed by atoms with Crippen molar-refractivity contribution in [1.82, 2.24) is 5.32 Å². The molecule has 22 heavy (non-hydrogen) atoms. The van der Waals surface area contributed by atoms with Gasteiger partial charge in [-0.05, 0) is 24.1 Å². The lowest BCUT2D eigenvalue weighted by atomic mass is 9.99. The Bertz CT molecular complexity index is 550. The van der Waals surface area contributed by atoms with Gasteiger partial charge >= 0.3 is 0 Å². The third kappa shape index (κ3) is 8.83. The number of phenolic OH excluding ortho intramolecular Hbond substituents is 2. The van der Waals surface area contributed by atoms with Crippen LogP contribution in [0.25, 0.3) is 0 Å². The number of hydrogen-bond acceptors (Lipinski definition) is 6. The predicted octanol–water partition coefficient (Wildman–Crippen LogP) is 1.41. The summed E-state index contributed by atoms with van der Waals surface area (Å²) in [6.45, 7) is 6.02. The van der Waals surface area contributed by atoms with Gasteiger partial charge in [0.05, 0.1) is 12.4 Å². The molecule has 0 amide bonds. The number of aliphatic hydroxyl groups excluding tert-OH is 1. The van der Waals surface area contributed by atoms with Crippen LogP contribution in [0, 0.1) is 0 Å². The highest BCUT2D eigenvalue weighted by Gasteiger charge is 2.20. The second-order valence-corrected chi connectivity index (χ2v) is 6.73. The van der Waals surface area contributed by atoms with Crippen LogP contribution in [0.1, 0.15) is 38.9 Å². The number of benzene rings is 1. The topological polar surface area (TPSA) is 127 Å². The van der Waals surface area contributed by atoms with Crippen LogP contribution in [0.5, 0.6) is 11.5 Å². The van der Waals surface area contributed by atoms with Gasteiger partial charge in [0.1, 0.15) is 0 Å². The summed E-state index contributed by atoms with van der Waals surface area (Å²) >= 11 is 0. The van der Waals surface area contributed by atoms with Gasteiger partial charge in [0, 0.05) is 12.1 Å². The van der Waals surface area contributed by atoms with Crippen molar-refractivity contribution >= 4 is 10.1 Å². The molecule has 5 N–H and O–H groups in total. The highest BCUT2D eigenvalue weighted by molar-refractivity contribution is 7.85. The minimum Gasteiger partial charge on any atom is -0.504 e. The second kappa shape index (κ2) is 8.94. The molecule has 0 spiro atoms. The van der Waals surface area contributed by atoms with E-state index in [-0.39, 0.29) is 23.6 Å². The standard InChI is InChI=1S/C13H21NO3.CH4O3S/c1-4-10(14-8(2)3)13(17)9-5-6-11(15)12(16)7-9;1-5(2,3)4/h5-8,10,13-17H,4H2,1-3H3;1H3,(H,2,3,4)/t10-,13+;/m1./s1. The quantitative estimate of drug-likeness (QED) is 0.407. The molecular weight excluding hydrogens is 310 g/mol. The number of rotatable bonds is 5. The molecule has 1 aromatic carbocycles. The molecule has 0 aromatic heterocycles. The van der Waals surface area contributed by atoms with E-state index in [0.29, 0.717) is 11.8 Å². The second-order valence-electron chi connectivity index (χ2n) is 5.26. The lowest BCUT2D eigenvalue weighted by molar-refractivity contribution is 0.121. The summed E-state index contributed by atoms with van der Waals surface area (Å²) in [5.74, 6) is -0.383. The summed E-state index contributed by atoms with van der Waals surface area (Å²) in [6.07, 6.45) is 0.794. The average molecular weight is 335 g/mol. The van der Waals surface area contributed by atoms with Gasteiger partial charge in [-0.3, -0.25) is 4.55 Å². The van der Waals surface area contributed by atoms with Crippen LogP contribution in [0.4, 0.5) is 0 Å². The van der Waals surface area contributed by atoms with Gasteiger partial charge in [-0.25, -0.2) is 0 Å². The molecule has 2 atom stereocenters. The van der Waals surface area contributed by atoms with E-state index in [9.17, 15) is 23.7 Å². The highest BCUT2D eigenvalue weighted by Crippen LogP contribution is 2.29. The van der Waals surface area contributed by atoms with E-state index >= 15 is 0 Å². The van der Waals surface area contributed by atoms with Crippen LogP contribution in [0.15, 0.2) is 18.2 Å². The molecule has 0 saturated carbocycles. The Balaban J connectivity index is 0.000000763. The smallest absolute Gasteiger partial charge is 0.261 e. The zero-order valence-electron chi connectivity index (χ0n) is 13.2. The van der Waals surface area contributed by atoms with Gasteiger partial charge in [-0.15, -0.1) is 0 Å². The molecule has 0 aliphatic heterocycles. The van der Waals surface area contributed by atoms with Gasteiger partial charge in [0.25, 0.3) is 10.1 Å². The van der Waals surface area contributed by atoms with Crippen LogP contribution in [0.2, 0.25) is 0 Å². The van der Waals surface area contributed by atoms with Crippen LogP contribution < -0.4 is 5.32 Å². The fourth-order valence-electron chi connectivity index (χ4n) is 1.82. The molecule has 1 aromatic rings. The molecule has 0 aliphatic carbocycles. The normalized spacial score (nSPS) is 14.1. The van der Waals surface area contributed by atoms with Gasteiger partial charge in [-0.1, -0.05) is 26.8 Å². The molecule has 0 radical (unpaired) electrons. The van der Waals surface area contributed by atoms with Crippen molar-refractivity contribution in [3.05, 3.63) is 23.8 Å². The van der Waals surface area contributed by atoms with Crippen LogP contribution in [-0.2, 0) is 10.1 Å². The largest absolute Gasteiger partial charge is 0.504 e. The molecule has 0 heterocycles. The van der Waals surface area contributed by atoms with Crippen LogP contribution in [-0.4, -0.2) is 46.6 Å². The number of aromatic hydroxyl groups is 2. The molecule has 0 aliphatic rings. The Kier molecular flexibility index (Phi) is 8.39. The minimum atomic E-state index is -3.67. The van der Waals surface area contributed by atoms with Crippen molar-refractivity contribution < 1.29 is 28.3 Å². The first-order chi connectivity index (χ1) is 9.95. The number of hydrogen-bond donors (Lipinski definition) is 5. The maximum Gasteiger partial charge on any atom is 0.261 e. The molecule has 8 heteroatoms. The predicted molar refractivity (Wildman–Crippen MR) is 84.6 cm³/mol. The maximum atomic E-state index is 10.2. The van der Waals surface area contributed by atoms with Crippen molar-refractivity contribution in [2.45, 2.75) is 45.4 Å². The Morgan fingerprint density at radius 1 is 1.18 bits per heavy atom. The van der Waals surface area contributed by atoms with E-state index in [2.05, 4.69) is 5.32 Å². The monoisotopic (exact) mass is 335 g/mol. The zero-order chi connectivity index (χ0) is 17.5. The van der Waals surface area contributed by atoms with E-state index in [4.69, 9.17) is 4.55 Å². The highest BCUT2D eigenvalue weighted by atomic mass is 32.2. The van der Waals surface area contributed by atoms with Crippen molar-refractivity contribution in [2.75, 3.05) is 6.26 Å². The molecule has 0 bridgehead atoms. The first-order valence-electron chi connectivity index (χ1n) is 6.84. The van der Waals surface area contributed by atoms with E-state index in [0.717, 1.165) is 6.42 Å². The number of aliphatic hydroxyl groups is 1. The summed E-state index contributed by atoms with van der Waals surface area (Å²) in [5, 5.41) is 32.1. The summed E-state index contributed by atoms with van der Waals surface area (Å²) in [6, 6.07) is 4.60. The molecule has 0 fully saturated rings. The minimum absolute atomic E-state index is 0.0704. The third-order valence-electron chi connectivity index (χ3n) is 2.71. The van der Waals surface area contributed by atoms with Gasteiger partial charge in [0.2, 0.25) is 0 Å². The van der Waals surface area contributed by atoms with Gasteiger partial charge in [0.15, 0.2) is 11.5 Å². The summed E-state index contributed by atoms with van der Waals surface area (Å²) in [4.78, 5) is 0. The van der Waals surface area contributed by atoms with E-state index in [1.165, 1.54) is 12.1 Å². The number of phenols is 2. The molecule has 0 saturated heterocycles. The maximum absolute atomic E-state index is 10.2. The average Bonchev–Trinajstić information content (AvgIpc) is 2.36. The molecule has 128 valence electrons. The summed E-state index contributed by atoms with van der Waals surface area (Å²) < 4.78 is 25.9. The van der Waals surface area contributed by atoms with Crippen LogP contribution in [0.3, 0.4) is 0 Å². The molecular formula is C14H25NO6S. The lowest BCUT2D eigenvalue weighted by Gasteiger charge is -2.25. The van der Waals surface area contributed by atoms with E-state index < -0.39 is 16.2 Å². The first-order valence-corrected chi connectivity index (χ1v) is 8.69. The van der Waals surface area contributed by atoms with Crippen molar-refractivity contribution in [2.24, 2.45) is 0 Å². The molecule has 0 unspecified atom stereocenters. The van der Waals surface area contributed by atoms with Gasteiger partial charge < -0.3 is 20.6 Å². The zero-order valence-corrected chi connectivity index (χ0v) is 14.0. The van der Waals surface area contributed by atoms with E-state index in [1.54, 1.807) is 6.07 Å². The summed E-state index contributed by atoms with van der Waals surface area (Å²) in [5.41, 5.74) is 0.598. The SMILES string of the molecule is CC[C@@H](NC(C)C)[C@@H](O)c1ccc(O)c(O)c1.CS(=O)(=O)O. The van der Waals surface area contributed by atoms with Crippen molar-refractivity contribution in [3.63, 3.8) is 0 Å². The fourth-order valence-corrected chi connectivity index (χ4v) is 1.82. The Morgan fingerprint density at radius 2 is 1.68 bits per heavy atom. The van der Waals surface area contributed by atoms with Crippen molar-refractivity contribution in [3.8, 4) is 11.5 Å². The van der Waals surface area contributed by atoms with Crippen molar-refractivity contribution in [1.29, 1.82) is 0 Å². The van der Waals surface area contributed by atoms with E-state index in [1.807, 2.05) is 20.8 Å². The Morgan fingerprint density at radius 3 is 2.05 bits per heavy atom. The Labute approximate surface area is 131 Å². The fraction of sp³-hybridized carbons (Fsp3) is 0.571. The molecule has 7 nitrogen and oxygen atoms in total. The lowest BCUT2D eigenvalue weighted by Crippen LogP contribution is -2.38.